The Kier molecular flexibility index (Phi) is 7.00. The van der Waals surface area contributed by atoms with Gasteiger partial charge in [0, 0.05) is 25.6 Å². The van der Waals surface area contributed by atoms with Crippen LogP contribution in [0, 0.1) is 0 Å². The third kappa shape index (κ3) is 4.74. The smallest absolute Gasteiger partial charge is 0.265 e. The number of rotatable bonds is 6. The fraction of sp³-hybridized carbons (Fsp3) is 0.263. The van der Waals surface area contributed by atoms with Gasteiger partial charge < -0.3 is 20.7 Å². The van der Waals surface area contributed by atoms with Gasteiger partial charge in [0.2, 0.25) is 5.91 Å². The van der Waals surface area contributed by atoms with Gasteiger partial charge in [-0.15, -0.1) is 12.4 Å². The van der Waals surface area contributed by atoms with Gasteiger partial charge >= 0.3 is 0 Å². The molecule has 2 amide bonds. The van der Waals surface area contributed by atoms with Crippen molar-refractivity contribution in [1.82, 2.24) is 5.32 Å². The Balaban J connectivity index is 0.00000243. The summed E-state index contributed by atoms with van der Waals surface area (Å²) >= 11 is 0. The summed E-state index contributed by atoms with van der Waals surface area (Å²) in [6.45, 7) is 0.666. The molecule has 0 aliphatic carbocycles. The second-order valence-corrected chi connectivity index (χ2v) is 5.87. The molecule has 0 saturated carbocycles. The topological polar surface area (TPSA) is 84.7 Å². The van der Waals surface area contributed by atoms with Crippen molar-refractivity contribution in [2.45, 2.75) is 12.5 Å². The fourth-order valence-electron chi connectivity index (χ4n) is 2.74. The standard InChI is InChI=1S/C19H21N3O3.ClH/c20-15(14-6-2-1-3-7-14)12-21-18(23)10-11-22-16-8-4-5-9-17(16)25-13-19(22)24;/h1-9,15H,10-13,20H2,(H,21,23);1H. The van der Waals surface area contributed by atoms with Crippen molar-refractivity contribution in [1.29, 1.82) is 0 Å². The normalized spacial score (nSPS) is 13.9. The number of para-hydroxylation sites is 2. The number of carbonyl (C=O) groups is 2. The molecule has 138 valence electrons. The van der Waals surface area contributed by atoms with E-state index >= 15 is 0 Å². The van der Waals surface area contributed by atoms with Crippen LogP contribution in [0.3, 0.4) is 0 Å². The van der Waals surface area contributed by atoms with Crippen molar-refractivity contribution in [3.05, 3.63) is 60.2 Å². The van der Waals surface area contributed by atoms with E-state index in [-0.39, 0.29) is 43.3 Å². The van der Waals surface area contributed by atoms with Gasteiger partial charge in [-0.2, -0.15) is 0 Å². The van der Waals surface area contributed by atoms with Crippen molar-refractivity contribution < 1.29 is 14.3 Å². The molecule has 0 fully saturated rings. The van der Waals surface area contributed by atoms with Crippen molar-refractivity contribution in [2.75, 3.05) is 24.6 Å². The largest absolute Gasteiger partial charge is 0.482 e. The van der Waals surface area contributed by atoms with Crippen LogP contribution >= 0.6 is 12.4 Å². The molecule has 1 heterocycles. The van der Waals surface area contributed by atoms with Crippen molar-refractivity contribution in [2.24, 2.45) is 5.73 Å². The van der Waals surface area contributed by atoms with Crippen LogP contribution in [-0.2, 0) is 9.59 Å². The van der Waals surface area contributed by atoms with E-state index in [0.717, 1.165) is 5.56 Å². The minimum atomic E-state index is -0.254. The SMILES string of the molecule is Cl.NC(CNC(=O)CCN1C(=O)COc2ccccc21)c1ccccc1. The average Bonchev–Trinajstić information content (AvgIpc) is 2.66. The van der Waals surface area contributed by atoms with Gasteiger partial charge in [0.15, 0.2) is 6.61 Å². The molecule has 0 spiro atoms. The second-order valence-electron chi connectivity index (χ2n) is 5.87. The Morgan fingerprint density at radius 1 is 1.15 bits per heavy atom. The summed E-state index contributed by atoms with van der Waals surface area (Å²) in [5, 5.41) is 2.83. The van der Waals surface area contributed by atoms with Crippen molar-refractivity contribution in [3.8, 4) is 5.75 Å². The first kappa shape index (κ1) is 19.8. The Bertz CT molecular complexity index is 755. The average molecular weight is 376 g/mol. The van der Waals surface area contributed by atoms with E-state index in [9.17, 15) is 9.59 Å². The number of fused-ring (bicyclic) bond motifs is 1. The fourth-order valence-corrected chi connectivity index (χ4v) is 2.74. The zero-order valence-electron chi connectivity index (χ0n) is 14.3. The Hall–Kier alpha value is -2.57. The third-order valence-electron chi connectivity index (χ3n) is 4.12. The maximum absolute atomic E-state index is 12.1. The van der Waals surface area contributed by atoms with Crippen LogP contribution in [0.1, 0.15) is 18.0 Å². The molecule has 1 aliphatic heterocycles. The molecule has 6 nitrogen and oxygen atoms in total. The summed E-state index contributed by atoms with van der Waals surface area (Å²) in [7, 11) is 0. The molecule has 26 heavy (non-hydrogen) atoms. The molecule has 2 aromatic rings. The van der Waals surface area contributed by atoms with E-state index in [4.69, 9.17) is 10.5 Å². The molecule has 0 radical (unpaired) electrons. The highest BCUT2D eigenvalue weighted by Crippen LogP contribution is 2.31. The number of anilines is 1. The number of ether oxygens (including phenoxy) is 1. The maximum Gasteiger partial charge on any atom is 0.265 e. The van der Waals surface area contributed by atoms with Gasteiger partial charge in [0.1, 0.15) is 5.75 Å². The monoisotopic (exact) mass is 375 g/mol. The number of nitrogens with zero attached hydrogens (tertiary/aromatic N) is 1. The molecule has 3 rings (SSSR count). The van der Waals surface area contributed by atoms with Crippen LogP contribution in [0.4, 0.5) is 5.69 Å². The van der Waals surface area contributed by atoms with Gasteiger partial charge in [0.25, 0.3) is 5.91 Å². The van der Waals surface area contributed by atoms with Gasteiger partial charge in [0.05, 0.1) is 5.69 Å². The first-order chi connectivity index (χ1) is 12.1. The Labute approximate surface area is 158 Å². The van der Waals surface area contributed by atoms with Gasteiger partial charge in [-0.1, -0.05) is 42.5 Å². The molecule has 0 saturated heterocycles. The lowest BCUT2D eigenvalue weighted by Crippen LogP contribution is -2.41. The molecule has 2 aromatic carbocycles. The summed E-state index contributed by atoms with van der Waals surface area (Å²) < 4.78 is 5.39. The number of halogens is 1. The molecule has 3 N–H and O–H groups in total. The molecular formula is C19H22ClN3O3. The first-order valence-corrected chi connectivity index (χ1v) is 8.24. The lowest BCUT2D eigenvalue weighted by Gasteiger charge is -2.29. The van der Waals surface area contributed by atoms with E-state index in [1.165, 1.54) is 0 Å². The van der Waals surface area contributed by atoms with Crippen molar-refractivity contribution in [3.63, 3.8) is 0 Å². The van der Waals surface area contributed by atoms with Gasteiger partial charge in [-0.25, -0.2) is 0 Å². The van der Waals surface area contributed by atoms with Crippen LogP contribution in [-0.4, -0.2) is 31.5 Å². The summed E-state index contributed by atoms with van der Waals surface area (Å²) in [4.78, 5) is 25.8. The predicted molar refractivity (Wildman–Crippen MR) is 103 cm³/mol. The van der Waals surface area contributed by atoms with Gasteiger partial charge in [-0.05, 0) is 17.7 Å². The van der Waals surface area contributed by atoms with E-state index in [1.54, 1.807) is 4.90 Å². The summed E-state index contributed by atoms with van der Waals surface area (Å²) in [5.74, 6) is 0.379. The molecule has 0 bridgehead atoms. The van der Waals surface area contributed by atoms with Crippen LogP contribution in [0.15, 0.2) is 54.6 Å². The zero-order chi connectivity index (χ0) is 17.6. The number of amides is 2. The van der Waals surface area contributed by atoms with Crippen LogP contribution in [0.5, 0.6) is 5.75 Å². The zero-order valence-corrected chi connectivity index (χ0v) is 15.1. The molecule has 1 atom stereocenters. The number of hydrogen-bond acceptors (Lipinski definition) is 4. The molecular weight excluding hydrogens is 354 g/mol. The Morgan fingerprint density at radius 3 is 2.62 bits per heavy atom. The first-order valence-electron chi connectivity index (χ1n) is 8.24. The van der Waals surface area contributed by atoms with E-state index in [0.29, 0.717) is 24.5 Å². The lowest BCUT2D eigenvalue weighted by atomic mass is 10.1. The highest BCUT2D eigenvalue weighted by atomic mass is 35.5. The molecule has 1 unspecified atom stereocenters. The predicted octanol–water partition coefficient (Wildman–Crippen LogP) is 2.04. The maximum atomic E-state index is 12.1. The van der Waals surface area contributed by atoms with Crippen LogP contribution < -0.4 is 20.7 Å². The second kappa shape index (κ2) is 9.22. The lowest BCUT2D eigenvalue weighted by molar-refractivity contribution is -0.122. The third-order valence-corrected chi connectivity index (χ3v) is 4.12. The van der Waals surface area contributed by atoms with E-state index in [1.807, 2.05) is 54.6 Å². The summed E-state index contributed by atoms with van der Waals surface area (Å²) in [6, 6.07) is 16.7. The minimum absolute atomic E-state index is 0. The number of benzene rings is 2. The Morgan fingerprint density at radius 2 is 1.85 bits per heavy atom. The molecule has 0 aromatic heterocycles. The summed E-state index contributed by atoms with van der Waals surface area (Å²) in [6.07, 6.45) is 0.210. The number of carbonyl (C=O) groups excluding carboxylic acids is 2. The molecule has 1 aliphatic rings. The van der Waals surface area contributed by atoms with Gasteiger partial charge in [-0.3, -0.25) is 9.59 Å². The summed E-state index contributed by atoms with van der Waals surface area (Å²) in [5.41, 5.74) is 7.75. The molecule has 7 heteroatoms. The van der Waals surface area contributed by atoms with Crippen LogP contribution in [0.2, 0.25) is 0 Å². The highest BCUT2D eigenvalue weighted by molar-refractivity contribution is 5.98. The quantitative estimate of drug-likeness (QED) is 0.809. The van der Waals surface area contributed by atoms with E-state index in [2.05, 4.69) is 5.32 Å². The number of nitrogens with two attached hydrogens (primary N) is 1. The highest BCUT2D eigenvalue weighted by Gasteiger charge is 2.25. The number of nitrogens with one attached hydrogen (secondary N) is 1. The minimum Gasteiger partial charge on any atom is -0.482 e. The van der Waals surface area contributed by atoms with Crippen LogP contribution in [0.25, 0.3) is 0 Å². The van der Waals surface area contributed by atoms with E-state index < -0.39 is 0 Å². The van der Waals surface area contributed by atoms with Crippen molar-refractivity contribution >= 4 is 29.9 Å². The number of hydrogen-bond donors (Lipinski definition) is 2.